The predicted octanol–water partition coefficient (Wildman–Crippen LogP) is 1.35. The first-order valence-electron chi connectivity index (χ1n) is 9.50. The molecule has 0 aliphatic rings. The SMILES string of the molecule is COP(=O)([O-])OCCCCc1cn(CCOCCOCCC[Si](C)(C)O)nn1. The van der Waals surface area contributed by atoms with E-state index in [4.69, 9.17) is 9.47 Å². The molecule has 164 valence electrons. The molecule has 1 atom stereocenters. The number of unbranched alkanes of at least 4 members (excludes halogenated alkanes) is 1. The van der Waals surface area contributed by atoms with Crippen molar-refractivity contribution in [2.75, 3.05) is 40.1 Å². The summed E-state index contributed by atoms with van der Waals surface area (Å²) in [4.78, 5) is 20.7. The largest absolute Gasteiger partial charge is 0.756 e. The number of hydrogen-bond donors (Lipinski definition) is 1. The van der Waals surface area contributed by atoms with Gasteiger partial charge >= 0.3 is 0 Å². The van der Waals surface area contributed by atoms with Gasteiger partial charge in [-0.2, -0.15) is 0 Å². The quantitative estimate of drug-likeness (QED) is 0.218. The second kappa shape index (κ2) is 13.5. The van der Waals surface area contributed by atoms with Gasteiger partial charge in [0.05, 0.1) is 38.7 Å². The van der Waals surface area contributed by atoms with Gasteiger partial charge in [-0.15, -0.1) is 5.10 Å². The van der Waals surface area contributed by atoms with E-state index in [-0.39, 0.29) is 6.61 Å². The third kappa shape index (κ3) is 13.5. The van der Waals surface area contributed by atoms with Crippen LogP contribution in [0.5, 0.6) is 0 Å². The van der Waals surface area contributed by atoms with Crippen LogP contribution in [0.1, 0.15) is 25.0 Å². The van der Waals surface area contributed by atoms with Crippen molar-refractivity contribution in [2.24, 2.45) is 0 Å². The first-order chi connectivity index (χ1) is 13.2. The number of ether oxygens (including phenoxy) is 2. The summed E-state index contributed by atoms with van der Waals surface area (Å²) in [6.07, 6.45) is 4.76. The number of nitrogens with zero attached hydrogens (tertiary/aromatic N) is 3. The lowest BCUT2D eigenvalue weighted by molar-refractivity contribution is -0.223. The minimum absolute atomic E-state index is 0.0956. The minimum atomic E-state index is -4.13. The minimum Gasteiger partial charge on any atom is -0.756 e. The van der Waals surface area contributed by atoms with Crippen molar-refractivity contribution >= 4 is 16.1 Å². The molecule has 0 fully saturated rings. The molecule has 1 aromatic rings. The molecule has 12 heteroatoms. The smallest absolute Gasteiger partial charge is 0.267 e. The Morgan fingerprint density at radius 1 is 1.14 bits per heavy atom. The second-order valence-corrected chi connectivity index (χ2v) is 12.7. The summed E-state index contributed by atoms with van der Waals surface area (Å²) in [5.41, 5.74) is 0.843. The van der Waals surface area contributed by atoms with E-state index in [0.717, 1.165) is 31.7 Å². The third-order valence-electron chi connectivity index (χ3n) is 3.80. The van der Waals surface area contributed by atoms with Crippen LogP contribution in [-0.2, 0) is 36.1 Å². The number of rotatable bonds is 17. The van der Waals surface area contributed by atoms with E-state index in [9.17, 15) is 14.3 Å². The molecule has 1 rings (SSSR count). The number of phosphoric acid groups is 1. The fourth-order valence-electron chi connectivity index (χ4n) is 2.29. The zero-order valence-corrected chi connectivity index (χ0v) is 18.9. The maximum Gasteiger partial charge on any atom is 0.267 e. The molecule has 1 heterocycles. The van der Waals surface area contributed by atoms with Crippen molar-refractivity contribution in [1.82, 2.24) is 15.0 Å². The molecule has 0 amide bonds. The lowest BCUT2D eigenvalue weighted by Crippen LogP contribution is -2.24. The zero-order valence-electron chi connectivity index (χ0n) is 17.0. The first-order valence-corrected chi connectivity index (χ1v) is 14.1. The van der Waals surface area contributed by atoms with E-state index in [0.29, 0.717) is 45.8 Å². The number of phosphoric ester groups is 1. The molecule has 0 saturated carbocycles. The van der Waals surface area contributed by atoms with Crippen LogP contribution >= 0.6 is 7.82 Å². The highest BCUT2D eigenvalue weighted by Gasteiger charge is 2.15. The number of hydrogen-bond acceptors (Lipinski definition) is 9. The van der Waals surface area contributed by atoms with E-state index in [1.807, 2.05) is 19.3 Å². The summed E-state index contributed by atoms with van der Waals surface area (Å²) in [6, 6.07) is 0.849. The van der Waals surface area contributed by atoms with E-state index >= 15 is 0 Å². The van der Waals surface area contributed by atoms with Crippen molar-refractivity contribution in [2.45, 2.75) is 51.4 Å². The summed E-state index contributed by atoms with van der Waals surface area (Å²) in [6.45, 7) is 6.78. The summed E-state index contributed by atoms with van der Waals surface area (Å²) in [5, 5.41) is 8.12. The van der Waals surface area contributed by atoms with Gasteiger partial charge in [0.1, 0.15) is 0 Å². The topological polar surface area (TPSA) is 128 Å². The van der Waals surface area contributed by atoms with E-state index < -0.39 is 16.1 Å². The highest BCUT2D eigenvalue weighted by molar-refractivity contribution is 7.45. The average Bonchev–Trinajstić information content (AvgIpc) is 3.06. The molecule has 0 aromatic carbocycles. The molecule has 0 aliphatic carbocycles. The van der Waals surface area contributed by atoms with Gasteiger partial charge in [0, 0.05) is 19.9 Å². The fourth-order valence-corrected chi connectivity index (χ4v) is 3.75. The third-order valence-corrected chi connectivity index (χ3v) is 6.32. The second-order valence-electron chi connectivity index (χ2n) is 7.03. The number of aryl methyl sites for hydroxylation is 1. The maximum absolute atomic E-state index is 11.0. The Hall–Kier alpha value is -0.653. The van der Waals surface area contributed by atoms with Crippen LogP contribution in [0.25, 0.3) is 0 Å². The van der Waals surface area contributed by atoms with Crippen LogP contribution in [0, 0.1) is 0 Å². The lowest BCUT2D eigenvalue weighted by Gasteiger charge is -2.19. The van der Waals surface area contributed by atoms with Crippen molar-refractivity contribution in [1.29, 1.82) is 0 Å². The summed E-state index contributed by atoms with van der Waals surface area (Å²) < 4.78 is 32.6. The molecule has 0 saturated heterocycles. The number of aromatic nitrogens is 3. The average molecular weight is 439 g/mol. The Morgan fingerprint density at radius 2 is 1.86 bits per heavy atom. The highest BCUT2D eigenvalue weighted by Crippen LogP contribution is 2.36. The monoisotopic (exact) mass is 438 g/mol. The van der Waals surface area contributed by atoms with Crippen LogP contribution in [0.4, 0.5) is 0 Å². The fraction of sp³-hybridized carbons (Fsp3) is 0.875. The van der Waals surface area contributed by atoms with Gasteiger partial charge in [0.2, 0.25) is 0 Å². The van der Waals surface area contributed by atoms with Gasteiger partial charge in [-0.3, -0.25) is 4.57 Å². The molecular formula is C16H33N3O7PSi-. The molecule has 0 spiro atoms. The molecular weight excluding hydrogens is 405 g/mol. The highest BCUT2D eigenvalue weighted by atomic mass is 31.2. The molecule has 10 nitrogen and oxygen atoms in total. The molecule has 0 bridgehead atoms. The molecule has 1 aromatic heterocycles. The van der Waals surface area contributed by atoms with Crippen molar-refractivity contribution in [3.63, 3.8) is 0 Å². The first kappa shape index (κ1) is 25.4. The Morgan fingerprint density at radius 3 is 2.54 bits per heavy atom. The van der Waals surface area contributed by atoms with E-state index in [2.05, 4.69) is 19.4 Å². The van der Waals surface area contributed by atoms with E-state index in [1.165, 1.54) is 0 Å². The normalized spacial score (nSPS) is 14.3. The van der Waals surface area contributed by atoms with Crippen LogP contribution in [0.3, 0.4) is 0 Å². The van der Waals surface area contributed by atoms with Gasteiger partial charge in [-0.25, -0.2) is 4.68 Å². The molecule has 0 radical (unpaired) electrons. The summed E-state index contributed by atoms with van der Waals surface area (Å²) in [5.74, 6) is 0. The van der Waals surface area contributed by atoms with Crippen molar-refractivity contribution < 1.29 is 32.8 Å². The van der Waals surface area contributed by atoms with Crippen LogP contribution < -0.4 is 4.89 Å². The van der Waals surface area contributed by atoms with Gasteiger partial charge in [-0.1, -0.05) is 5.21 Å². The molecule has 1 unspecified atom stereocenters. The van der Waals surface area contributed by atoms with Crippen LogP contribution in [0.15, 0.2) is 6.20 Å². The molecule has 28 heavy (non-hydrogen) atoms. The van der Waals surface area contributed by atoms with Crippen molar-refractivity contribution in [3.8, 4) is 0 Å². The van der Waals surface area contributed by atoms with E-state index in [1.54, 1.807) is 4.68 Å². The molecule has 0 aliphatic heterocycles. The van der Waals surface area contributed by atoms with Crippen molar-refractivity contribution in [3.05, 3.63) is 11.9 Å². The van der Waals surface area contributed by atoms with Crippen LogP contribution in [-0.4, -0.2) is 68.3 Å². The Bertz CT molecular complexity index is 583. The van der Waals surface area contributed by atoms with Gasteiger partial charge < -0.3 is 28.2 Å². The Balaban J connectivity index is 2.00. The van der Waals surface area contributed by atoms with Gasteiger partial charge in [0.15, 0.2) is 8.32 Å². The summed E-state index contributed by atoms with van der Waals surface area (Å²) in [7, 11) is -5.01. The summed E-state index contributed by atoms with van der Waals surface area (Å²) >= 11 is 0. The zero-order chi connectivity index (χ0) is 20.9. The maximum atomic E-state index is 11.0. The molecule has 1 N–H and O–H groups in total. The van der Waals surface area contributed by atoms with Crippen LogP contribution in [0.2, 0.25) is 19.1 Å². The Labute approximate surface area is 167 Å². The lowest BCUT2D eigenvalue weighted by atomic mass is 10.2. The van der Waals surface area contributed by atoms with Gasteiger partial charge in [-0.05, 0) is 44.8 Å². The predicted molar refractivity (Wildman–Crippen MR) is 104 cm³/mol. The van der Waals surface area contributed by atoms with Gasteiger partial charge in [0.25, 0.3) is 7.82 Å². The Kier molecular flexibility index (Phi) is 12.3. The standard InChI is InChI=1S/C16H34N3O7PSi/c1-23-27(20,21)26-10-5-4-7-16-15-19(18-17-16)8-11-25-13-12-24-9-6-14-28(2,3)22/h15,22H,4-14H2,1-3H3,(H,20,21)/p-1.